The van der Waals surface area contributed by atoms with Crippen LogP contribution in [-0.4, -0.2) is 12.6 Å². The molecule has 1 saturated heterocycles. The third-order valence-electron chi connectivity index (χ3n) is 2.84. The number of nitrogens with one attached hydrogen (secondary N) is 1. The molecule has 1 fully saturated rings. The first-order chi connectivity index (χ1) is 6.86. The minimum atomic E-state index is 0.683. The lowest BCUT2D eigenvalue weighted by Gasteiger charge is -2.23. The molecule has 1 N–H and O–H groups in total. The standard InChI is InChI=1S/C12H16BrN/c13-12-7-2-1-5-10(12)9-11-6-3-4-8-14-11/h1-2,5,7,11,14H,3-4,6,8-9H2/t11-/m1/s1. The molecule has 0 aliphatic carbocycles. The molecule has 1 aromatic rings. The topological polar surface area (TPSA) is 12.0 Å². The molecule has 1 aliphatic rings. The Balaban J connectivity index is 1.99. The van der Waals surface area contributed by atoms with Crippen LogP contribution in [0.2, 0.25) is 0 Å². The molecule has 76 valence electrons. The third-order valence-corrected chi connectivity index (χ3v) is 3.61. The predicted octanol–water partition coefficient (Wildman–Crippen LogP) is 3.13. The van der Waals surface area contributed by atoms with Gasteiger partial charge in [0.2, 0.25) is 0 Å². The van der Waals surface area contributed by atoms with Crippen LogP contribution in [0.4, 0.5) is 0 Å². The van der Waals surface area contributed by atoms with Crippen LogP contribution < -0.4 is 5.32 Å². The second-order valence-electron chi connectivity index (χ2n) is 3.94. The van der Waals surface area contributed by atoms with Crippen molar-refractivity contribution >= 4 is 15.9 Å². The zero-order valence-corrected chi connectivity index (χ0v) is 9.89. The van der Waals surface area contributed by atoms with Crippen molar-refractivity contribution in [3.63, 3.8) is 0 Å². The summed E-state index contributed by atoms with van der Waals surface area (Å²) in [5.41, 5.74) is 1.42. The van der Waals surface area contributed by atoms with Gasteiger partial charge in [0, 0.05) is 10.5 Å². The summed E-state index contributed by atoms with van der Waals surface area (Å²) in [5, 5.41) is 3.57. The molecule has 0 saturated carbocycles. The Morgan fingerprint density at radius 1 is 1.29 bits per heavy atom. The molecule has 1 aromatic carbocycles. The van der Waals surface area contributed by atoms with E-state index in [-0.39, 0.29) is 0 Å². The minimum absolute atomic E-state index is 0.683. The molecule has 0 bridgehead atoms. The van der Waals surface area contributed by atoms with Gasteiger partial charge < -0.3 is 5.32 Å². The average molecular weight is 254 g/mol. The van der Waals surface area contributed by atoms with Crippen LogP contribution in [0, 0.1) is 0 Å². The maximum atomic E-state index is 3.60. The van der Waals surface area contributed by atoms with E-state index in [2.05, 4.69) is 45.5 Å². The van der Waals surface area contributed by atoms with Crippen LogP contribution in [-0.2, 0) is 6.42 Å². The van der Waals surface area contributed by atoms with E-state index in [9.17, 15) is 0 Å². The van der Waals surface area contributed by atoms with Gasteiger partial charge in [0.1, 0.15) is 0 Å². The lowest BCUT2D eigenvalue weighted by atomic mass is 9.98. The molecule has 0 unspecified atom stereocenters. The van der Waals surface area contributed by atoms with Crippen LogP contribution >= 0.6 is 15.9 Å². The molecule has 1 heterocycles. The average Bonchev–Trinajstić information content (AvgIpc) is 2.23. The van der Waals surface area contributed by atoms with Gasteiger partial charge in [0.05, 0.1) is 0 Å². The van der Waals surface area contributed by atoms with E-state index < -0.39 is 0 Å². The highest BCUT2D eigenvalue weighted by Crippen LogP contribution is 2.20. The quantitative estimate of drug-likeness (QED) is 0.854. The smallest absolute Gasteiger partial charge is 0.0207 e. The number of rotatable bonds is 2. The van der Waals surface area contributed by atoms with Crippen LogP contribution in [0.1, 0.15) is 24.8 Å². The highest BCUT2D eigenvalue weighted by Gasteiger charge is 2.13. The Hall–Kier alpha value is -0.340. The Morgan fingerprint density at radius 2 is 2.14 bits per heavy atom. The highest BCUT2D eigenvalue weighted by molar-refractivity contribution is 9.10. The highest BCUT2D eigenvalue weighted by atomic mass is 79.9. The molecule has 2 rings (SSSR count). The van der Waals surface area contributed by atoms with Crippen molar-refractivity contribution in [3.8, 4) is 0 Å². The van der Waals surface area contributed by atoms with E-state index in [1.54, 1.807) is 0 Å². The van der Waals surface area contributed by atoms with E-state index in [0.717, 1.165) is 6.42 Å². The van der Waals surface area contributed by atoms with Crippen LogP contribution in [0.25, 0.3) is 0 Å². The van der Waals surface area contributed by atoms with Crippen molar-refractivity contribution in [1.82, 2.24) is 5.32 Å². The largest absolute Gasteiger partial charge is 0.314 e. The van der Waals surface area contributed by atoms with Gasteiger partial charge in [0.15, 0.2) is 0 Å². The molecule has 2 heteroatoms. The van der Waals surface area contributed by atoms with Crippen LogP contribution in [0.5, 0.6) is 0 Å². The monoisotopic (exact) mass is 253 g/mol. The Morgan fingerprint density at radius 3 is 2.86 bits per heavy atom. The predicted molar refractivity (Wildman–Crippen MR) is 63.5 cm³/mol. The maximum Gasteiger partial charge on any atom is 0.0207 e. The first kappa shape index (κ1) is 10.2. The number of halogens is 1. The summed E-state index contributed by atoms with van der Waals surface area (Å²) in [4.78, 5) is 0. The summed E-state index contributed by atoms with van der Waals surface area (Å²) in [6.07, 6.45) is 5.19. The molecule has 1 atom stereocenters. The van der Waals surface area contributed by atoms with E-state index >= 15 is 0 Å². The molecule has 14 heavy (non-hydrogen) atoms. The summed E-state index contributed by atoms with van der Waals surface area (Å²) in [6, 6.07) is 9.20. The molecule has 0 radical (unpaired) electrons. The fraction of sp³-hybridized carbons (Fsp3) is 0.500. The molecular weight excluding hydrogens is 238 g/mol. The van der Waals surface area contributed by atoms with E-state index in [1.807, 2.05) is 0 Å². The second-order valence-corrected chi connectivity index (χ2v) is 4.80. The number of hydrogen-bond acceptors (Lipinski definition) is 1. The minimum Gasteiger partial charge on any atom is -0.314 e. The third kappa shape index (κ3) is 2.58. The van der Waals surface area contributed by atoms with Gasteiger partial charge in [-0.2, -0.15) is 0 Å². The summed E-state index contributed by atoms with van der Waals surface area (Å²) in [5.74, 6) is 0. The first-order valence-corrected chi connectivity index (χ1v) is 6.12. The van der Waals surface area contributed by atoms with Gasteiger partial charge in [-0.15, -0.1) is 0 Å². The molecule has 1 aliphatic heterocycles. The van der Waals surface area contributed by atoms with Crippen molar-refractivity contribution in [3.05, 3.63) is 34.3 Å². The summed E-state index contributed by atoms with van der Waals surface area (Å²) < 4.78 is 1.24. The zero-order chi connectivity index (χ0) is 9.80. The lowest BCUT2D eigenvalue weighted by Crippen LogP contribution is -2.35. The molecule has 0 aromatic heterocycles. The Kier molecular flexibility index (Phi) is 3.60. The SMILES string of the molecule is Brc1ccccc1C[C@H]1CCCCN1. The van der Waals surface area contributed by atoms with Crippen LogP contribution in [0.15, 0.2) is 28.7 Å². The van der Waals surface area contributed by atoms with Crippen molar-refractivity contribution in [2.75, 3.05) is 6.54 Å². The van der Waals surface area contributed by atoms with Gasteiger partial charge in [-0.1, -0.05) is 40.5 Å². The van der Waals surface area contributed by atoms with Gasteiger partial charge in [-0.25, -0.2) is 0 Å². The summed E-state index contributed by atoms with van der Waals surface area (Å²) in [6.45, 7) is 1.19. The normalized spacial score (nSPS) is 22.2. The van der Waals surface area contributed by atoms with Gasteiger partial charge in [-0.3, -0.25) is 0 Å². The van der Waals surface area contributed by atoms with E-state index in [1.165, 1.54) is 35.8 Å². The molecule has 1 nitrogen and oxygen atoms in total. The van der Waals surface area contributed by atoms with Crippen molar-refractivity contribution < 1.29 is 0 Å². The number of benzene rings is 1. The van der Waals surface area contributed by atoms with Gasteiger partial charge >= 0.3 is 0 Å². The van der Waals surface area contributed by atoms with Crippen molar-refractivity contribution in [2.45, 2.75) is 31.7 Å². The molecular formula is C12H16BrN. The van der Waals surface area contributed by atoms with E-state index in [4.69, 9.17) is 0 Å². The number of hydrogen-bond donors (Lipinski definition) is 1. The number of piperidine rings is 1. The zero-order valence-electron chi connectivity index (χ0n) is 8.30. The van der Waals surface area contributed by atoms with Crippen molar-refractivity contribution in [2.24, 2.45) is 0 Å². The fourth-order valence-electron chi connectivity index (χ4n) is 2.03. The fourth-order valence-corrected chi connectivity index (χ4v) is 2.47. The second kappa shape index (κ2) is 4.94. The summed E-state index contributed by atoms with van der Waals surface area (Å²) in [7, 11) is 0. The molecule has 0 spiro atoms. The Bertz CT molecular complexity index is 292. The molecule has 0 amide bonds. The first-order valence-electron chi connectivity index (χ1n) is 5.33. The Labute approximate surface area is 94.0 Å². The van der Waals surface area contributed by atoms with Gasteiger partial charge in [0.25, 0.3) is 0 Å². The lowest BCUT2D eigenvalue weighted by molar-refractivity contribution is 0.399. The van der Waals surface area contributed by atoms with Crippen molar-refractivity contribution in [1.29, 1.82) is 0 Å². The van der Waals surface area contributed by atoms with Gasteiger partial charge in [-0.05, 0) is 37.4 Å². The van der Waals surface area contributed by atoms with E-state index in [0.29, 0.717) is 6.04 Å². The maximum absolute atomic E-state index is 3.60. The van der Waals surface area contributed by atoms with Crippen LogP contribution in [0.3, 0.4) is 0 Å². The summed E-state index contributed by atoms with van der Waals surface area (Å²) >= 11 is 3.60.